The van der Waals surface area contributed by atoms with Crippen molar-refractivity contribution in [1.82, 2.24) is 4.98 Å². The Bertz CT molecular complexity index is 766. The zero-order valence-electron chi connectivity index (χ0n) is 10.6. The highest BCUT2D eigenvalue weighted by Crippen LogP contribution is 2.28. The van der Waals surface area contributed by atoms with E-state index in [4.69, 9.17) is 5.73 Å². The van der Waals surface area contributed by atoms with E-state index in [0.717, 1.165) is 34.7 Å². The highest BCUT2D eigenvalue weighted by molar-refractivity contribution is 5.82. The second-order valence-corrected chi connectivity index (χ2v) is 4.56. The van der Waals surface area contributed by atoms with Crippen LogP contribution in [0.15, 0.2) is 54.7 Å². The summed E-state index contributed by atoms with van der Waals surface area (Å²) in [6.07, 6.45) is 1.68. The third-order valence-electron chi connectivity index (χ3n) is 3.31. The van der Waals surface area contributed by atoms with E-state index in [1.165, 1.54) is 0 Å². The standard InChI is InChI=1S/C16H12F2N2/c17-10-6-7-14(18)13(9-10)16(19)12-3-1-5-15-11(12)4-2-8-20-15/h1-9,16H,19H2. The van der Waals surface area contributed by atoms with Gasteiger partial charge in [-0.25, -0.2) is 8.78 Å². The molecular formula is C16H12F2N2. The Hall–Kier alpha value is -2.33. The van der Waals surface area contributed by atoms with Gasteiger partial charge >= 0.3 is 0 Å². The van der Waals surface area contributed by atoms with Gasteiger partial charge in [-0.15, -0.1) is 0 Å². The number of benzene rings is 2. The molecule has 0 spiro atoms. The molecule has 0 bridgehead atoms. The number of fused-ring (bicyclic) bond motifs is 1. The van der Waals surface area contributed by atoms with Gasteiger partial charge < -0.3 is 5.73 Å². The SMILES string of the molecule is NC(c1cc(F)ccc1F)c1cccc2ncccc12. The van der Waals surface area contributed by atoms with Gasteiger partial charge in [0.05, 0.1) is 11.6 Å². The van der Waals surface area contributed by atoms with Gasteiger partial charge in [0.25, 0.3) is 0 Å². The highest BCUT2D eigenvalue weighted by atomic mass is 19.1. The van der Waals surface area contributed by atoms with Gasteiger partial charge in [0.1, 0.15) is 11.6 Å². The molecule has 100 valence electrons. The molecule has 0 aliphatic rings. The second-order valence-electron chi connectivity index (χ2n) is 4.56. The van der Waals surface area contributed by atoms with Crippen molar-refractivity contribution in [2.24, 2.45) is 5.73 Å². The minimum atomic E-state index is -0.737. The van der Waals surface area contributed by atoms with Crippen molar-refractivity contribution >= 4 is 10.9 Å². The van der Waals surface area contributed by atoms with E-state index in [0.29, 0.717) is 0 Å². The largest absolute Gasteiger partial charge is 0.320 e. The van der Waals surface area contributed by atoms with Gasteiger partial charge in [0.15, 0.2) is 0 Å². The number of rotatable bonds is 2. The first-order valence-electron chi connectivity index (χ1n) is 6.21. The number of hydrogen-bond acceptors (Lipinski definition) is 2. The Labute approximate surface area is 114 Å². The molecule has 0 aliphatic carbocycles. The summed E-state index contributed by atoms with van der Waals surface area (Å²) in [6, 6.07) is 11.7. The summed E-state index contributed by atoms with van der Waals surface area (Å²) in [4.78, 5) is 4.23. The molecule has 3 aromatic rings. The zero-order chi connectivity index (χ0) is 14.1. The maximum atomic E-state index is 13.8. The van der Waals surface area contributed by atoms with Crippen LogP contribution in [0.1, 0.15) is 17.2 Å². The van der Waals surface area contributed by atoms with E-state index >= 15 is 0 Å². The summed E-state index contributed by atoms with van der Waals surface area (Å²) in [6.45, 7) is 0. The molecule has 0 aliphatic heterocycles. The number of nitrogens with zero attached hydrogens (tertiary/aromatic N) is 1. The molecule has 1 aromatic heterocycles. The van der Waals surface area contributed by atoms with Gasteiger partial charge in [0, 0.05) is 17.1 Å². The summed E-state index contributed by atoms with van der Waals surface area (Å²) < 4.78 is 27.1. The first kappa shape index (κ1) is 12.7. The summed E-state index contributed by atoms with van der Waals surface area (Å²) in [7, 11) is 0. The molecule has 2 aromatic carbocycles. The number of hydrogen-bond donors (Lipinski definition) is 1. The van der Waals surface area contributed by atoms with Crippen LogP contribution in [0.2, 0.25) is 0 Å². The number of aromatic nitrogens is 1. The van der Waals surface area contributed by atoms with Crippen LogP contribution in [-0.4, -0.2) is 4.98 Å². The van der Waals surface area contributed by atoms with Crippen LogP contribution in [0.5, 0.6) is 0 Å². The third-order valence-corrected chi connectivity index (χ3v) is 3.31. The summed E-state index contributed by atoms with van der Waals surface area (Å²) >= 11 is 0. The van der Waals surface area contributed by atoms with Crippen LogP contribution in [0.4, 0.5) is 8.78 Å². The van der Waals surface area contributed by atoms with E-state index in [1.807, 2.05) is 18.2 Å². The predicted octanol–water partition coefficient (Wildman–Crippen LogP) is 3.56. The average Bonchev–Trinajstić information content (AvgIpc) is 2.48. The van der Waals surface area contributed by atoms with Gasteiger partial charge in [-0.3, -0.25) is 4.98 Å². The molecule has 0 saturated carbocycles. The molecule has 4 heteroatoms. The first-order valence-corrected chi connectivity index (χ1v) is 6.21. The van der Waals surface area contributed by atoms with E-state index < -0.39 is 17.7 Å². The van der Waals surface area contributed by atoms with Crippen molar-refractivity contribution in [3.8, 4) is 0 Å². The molecule has 2 nitrogen and oxygen atoms in total. The first-order chi connectivity index (χ1) is 9.66. The van der Waals surface area contributed by atoms with Crippen LogP contribution >= 0.6 is 0 Å². The molecule has 3 rings (SSSR count). The van der Waals surface area contributed by atoms with Crippen LogP contribution in [-0.2, 0) is 0 Å². The highest BCUT2D eigenvalue weighted by Gasteiger charge is 2.16. The maximum Gasteiger partial charge on any atom is 0.128 e. The van der Waals surface area contributed by atoms with Crippen molar-refractivity contribution in [3.63, 3.8) is 0 Å². The molecule has 0 amide bonds. The van der Waals surface area contributed by atoms with Crippen molar-refractivity contribution in [3.05, 3.63) is 77.5 Å². The quantitative estimate of drug-likeness (QED) is 0.773. The predicted molar refractivity (Wildman–Crippen MR) is 74.1 cm³/mol. The molecular weight excluding hydrogens is 258 g/mol. The summed E-state index contributed by atoms with van der Waals surface area (Å²) in [5, 5.41) is 0.839. The van der Waals surface area contributed by atoms with Crippen molar-refractivity contribution in [1.29, 1.82) is 0 Å². The number of nitrogens with two attached hydrogens (primary N) is 1. The molecule has 20 heavy (non-hydrogen) atoms. The smallest absolute Gasteiger partial charge is 0.128 e. The van der Waals surface area contributed by atoms with Crippen LogP contribution in [0.25, 0.3) is 10.9 Å². The fraction of sp³-hybridized carbons (Fsp3) is 0.0625. The number of pyridine rings is 1. The summed E-state index contributed by atoms with van der Waals surface area (Å²) in [5.74, 6) is -1.02. The second kappa shape index (κ2) is 4.98. The topological polar surface area (TPSA) is 38.9 Å². The van der Waals surface area contributed by atoms with Crippen molar-refractivity contribution < 1.29 is 8.78 Å². The molecule has 2 N–H and O–H groups in total. The monoisotopic (exact) mass is 270 g/mol. The lowest BCUT2D eigenvalue weighted by atomic mass is 9.95. The van der Waals surface area contributed by atoms with Crippen LogP contribution in [0, 0.1) is 11.6 Å². The van der Waals surface area contributed by atoms with E-state index in [9.17, 15) is 8.78 Å². The van der Waals surface area contributed by atoms with Crippen molar-refractivity contribution in [2.75, 3.05) is 0 Å². The molecule has 1 atom stereocenters. The number of halogens is 2. The normalized spacial score (nSPS) is 12.6. The molecule has 0 saturated heterocycles. The van der Waals surface area contributed by atoms with Gasteiger partial charge in [-0.2, -0.15) is 0 Å². The van der Waals surface area contributed by atoms with E-state index in [-0.39, 0.29) is 5.56 Å². The lowest BCUT2D eigenvalue weighted by Crippen LogP contribution is -2.14. The Balaban J connectivity index is 2.17. The maximum absolute atomic E-state index is 13.8. The Morgan fingerprint density at radius 3 is 2.65 bits per heavy atom. The minimum absolute atomic E-state index is 0.140. The molecule has 1 heterocycles. The Morgan fingerprint density at radius 1 is 0.950 bits per heavy atom. The average molecular weight is 270 g/mol. The van der Waals surface area contributed by atoms with Crippen LogP contribution < -0.4 is 5.73 Å². The fourth-order valence-electron chi connectivity index (χ4n) is 2.32. The minimum Gasteiger partial charge on any atom is -0.320 e. The molecule has 0 fully saturated rings. The Kier molecular flexibility index (Phi) is 3.16. The third kappa shape index (κ3) is 2.14. The zero-order valence-corrected chi connectivity index (χ0v) is 10.6. The van der Waals surface area contributed by atoms with Gasteiger partial charge in [-0.05, 0) is 35.9 Å². The molecule has 1 unspecified atom stereocenters. The lowest BCUT2D eigenvalue weighted by Gasteiger charge is -2.15. The van der Waals surface area contributed by atoms with Gasteiger partial charge in [0.2, 0.25) is 0 Å². The molecule has 0 radical (unpaired) electrons. The lowest BCUT2D eigenvalue weighted by molar-refractivity contribution is 0.577. The van der Waals surface area contributed by atoms with E-state index in [1.54, 1.807) is 18.3 Å². The summed E-state index contributed by atoms with van der Waals surface area (Å²) in [5.41, 5.74) is 7.76. The van der Waals surface area contributed by atoms with Crippen LogP contribution in [0.3, 0.4) is 0 Å². The van der Waals surface area contributed by atoms with Crippen molar-refractivity contribution in [2.45, 2.75) is 6.04 Å². The fourth-order valence-corrected chi connectivity index (χ4v) is 2.32. The Morgan fingerprint density at radius 2 is 1.80 bits per heavy atom. The van der Waals surface area contributed by atoms with Gasteiger partial charge in [-0.1, -0.05) is 18.2 Å². The van der Waals surface area contributed by atoms with E-state index in [2.05, 4.69) is 4.98 Å².